The second kappa shape index (κ2) is 15.7. The van der Waals surface area contributed by atoms with Gasteiger partial charge in [-0.25, -0.2) is 0 Å². The molecule has 3 amide bonds. The maximum atomic E-state index is 13.9. The third-order valence-corrected chi connectivity index (χ3v) is 9.93. The maximum Gasteiger partial charge on any atom is 0.298 e. The van der Waals surface area contributed by atoms with E-state index in [2.05, 4.69) is 20.2 Å². The number of hydrogen-bond donors (Lipinski definition) is 2. The van der Waals surface area contributed by atoms with Crippen LogP contribution in [0.5, 0.6) is 5.75 Å². The van der Waals surface area contributed by atoms with Gasteiger partial charge in [0.2, 0.25) is 17.1 Å². The molecule has 0 atom stereocenters. The average molecular weight is 778 g/mol. The number of imidazole rings is 2. The minimum Gasteiger partial charge on any atom is -0.488 e. The van der Waals surface area contributed by atoms with Crippen molar-refractivity contribution >= 4 is 39.8 Å². The molecule has 0 bridgehead atoms. The van der Waals surface area contributed by atoms with Gasteiger partial charge in [0.25, 0.3) is 11.8 Å². The summed E-state index contributed by atoms with van der Waals surface area (Å²) in [4.78, 5) is 49.5. The Morgan fingerprint density at radius 2 is 1.26 bits per heavy atom. The number of aryl methyl sites for hydroxylation is 6. The van der Waals surface area contributed by atoms with Crippen molar-refractivity contribution in [3.05, 3.63) is 99.3 Å². The van der Waals surface area contributed by atoms with Gasteiger partial charge in [-0.2, -0.15) is 20.2 Å². The Kier molecular flexibility index (Phi) is 11.1. The molecule has 3 N–H and O–H groups in total. The van der Waals surface area contributed by atoms with Crippen LogP contribution >= 0.6 is 0 Å². The van der Waals surface area contributed by atoms with E-state index in [1.807, 2.05) is 86.6 Å². The third kappa shape index (κ3) is 8.03. The largest absolute Gasteiger partial charge is 0.488 e. The minimum absolute atomic E-state index is 0.0885. The van der Waals surface area contributed by atoms with Crippen LogP contribution in [-0.4, -0.2) is 72.9 Å². The molecule has 16 nitrogen and oxygen atoms in total. The summed E-state index contributed by atoms with van der Waals surface area (Å²) in [6.45, 7) is 16.3. The highest BCUT2D eigenvalue weighted by atomic mass is 16.5. The van der Waals surface area contributed by atoms with Gasteiger partial charge in [0, 0.05) is 45.8 Å². The molecule has 0 saturated heterocycles. The van der Waals surface area contributed by atoms with Crippen molar-refractivity contribution in [2.45, 2.75) is 87.2 Å². The Balaban J connectivity index is 1.54. The van der Waals surface area contributed by atoms with E-state index in [0.29, 0.717) is 59.0 Å². The highest BCUT2D eigenvalue weighted by Crippen LogP contribution is 2.29. The Morgan fingerprint density at radius 1 is 0.772 bits per heavy atom. The van der Waals surface area contributed by atoms with E-state index in [1.165, 1.54) is 0 Å². The lowest BCUT2D eigenvalue weighted by Gasteiger charge is -2.19. The van der Waals surface area contributed by atoms with E-state index in [-0.39, 0.29) is 24.5 Å². The Morgan fingerprint density at radius 3 is 1.77 bits per heavy atom. The van der Waals surface area contributed by atoms with E-state index in [1.54, 1.807) is 59.1 Å². The number of benzene rings is 2. The number of aromatic nitrogens is 8. The molecule has 0 aliphatic heterocycles. The molecule has 0 fully saturated rings. The number of hydrogen-bond acceptors (Lipinski definition) is 7. The van der Waals surface area contributed by atoms with Crippen LogP contribution < -0.4 is 21.7 Å². The third-order valence-electron chi connectivity index (χ3n) is 9.93. The number of nitrogens with two attached hydrogens (primary N) is 1. The number of allylic oxidation sites excluding steroid dienone is 2. The van der Waals surface area contributed by atoms with Crippen molar-refractivity contribution in [3.8, 4) is 5.75 Å². The van der Waals surface area contributed by atoms with E-state index in [9.17, 15) is 19.5 Å². The zero-order valence-electron chi connectivity index (χ0n) is 34.3. The lowest BCUT2D eigenvalue weighted by atomic mass is 10.1. The molecule has 4 heterocycles. The van der Waals surface area contributed by atoms with Crippen LogP contribution in [0.1, 0.15) is 84.3 Å². The van der Waals surface area contributed by atoms with Crippen LogP contribution in [0.2, 0.25) is 0 Å². The van der Waals surface area contributed by atoms with Crippen LogP contribution in [0.4, 0.5) is 0 Å². The monoisotopic (exact) mass is 777 g/mol. The van der Waals surface area contributed by atoms with Gasteiger partial charge >= 0.3 is 0 Å². The molecule has 0 unspecified atom stereocenters. The van der Waals surface area contributed by atoms with Crippen molar-refractivity contribution in [2.75, 3.05) is 6.61 Å². The number of rotatable bonds is 12. The number of amides is 3. The number of carbonyl (C=O) groups excluding carboxylic acids is 3. The van der Waals surface area contributed by atoms with E-state index < -0.39 is 23.3 Å². The Hall–Kier alpha value is -6.29. The van der Waals surface area contributed by atoms with E-state index in [0.717, 1.165) is 27.9 Å². The van der Waals surface area contributed by atoms with Gasteiger partial charge in [-0.1, -0.05) is 23.3 Å². The van der Waals surface area contributed by atoms with E-state index >= 15 is 0 Å². The van der Waals surface area contributed by atoms with Gasteiger partial charge in [0.05, 0.1) is 33.5 Å². The fourth-order valence-corrected chi connectivity index (χ4v) is 6.92. The summed E-state index contributed by atoms with van der Waals surface area (Å²) >= 11 is 0. The standard InChI is InChI=1S/C41H51N11O5/c1-11-51-32(17-26(5)45-51)37(54)43-39-47(9)29-15-13-14-16-30(29)49(39)21-24(3)25(4)22-50-35-31(19-28(36(42)53)20-34(35)57-23-41(7,8)56)48(10)40(50)44-38(55)33-18-27(6)46-52(33)12-2/h13-20,56H,11-12,21-23H2,1-10H3,(H2,42,53)/b25-24+,43-39+,44-40+. The summed E-state index contributed by atoms with van der Waals surface area (Å²) < 4.78 is 17.0. The molecule has 16 heteroatoms. The van der Waals surface area contributed by atoms with Crippen LogP contribution in [-0.2, 0) is 40.3 Å². The average Bonchev–Trinajstić information content (AvgIpc) is 3.89. The minimum atomic E-state index is -1.20. The van der Waals surface area contributed by atoms with Crippen molar-refractivity contribution in [1.29, 1.82) is 0 Å². The molecule has 57 heavy (non-hydrogen) atoms. The Labute approximate surface area is 329 Å². The maximum absolute atomic E-state index is 13.9. The van der Waals surface area contributed by atoms with E-state index in [4.69, 9.17) is 10.5 Å². The molecule has 6 aromatic rings. The number of fused-ring (bicyclic) bond motifs is 2. The highest BCUT2D eigenvalue weighted by molar-refractivity contribution is 5.99. The number of aliphatic hydroxyl groups is 1. The molecule has 6 rings (SSSR count). The molecular weight excluding hydrogens is 727 g/mol. The van der Waals surface area contributed by atoms with Crippen LogP contribution in [0.25, 0.3) is 22.1 Å². The molecule has 0 saturated carbocycles. The van der Waals surface area contributed by atoms with Gasteiger partial charge in [0.15, 0.2) is 0 Å². The zero-order chi connectivity index (χ0) is 41.5. The first-order valence-corrected chi connectivity index (χ1v) is 18.9. The van der Waals surface area contributed by atoms with Crippen LogP contribution in [0, 0.1) is 13.8 Å². The number of ether oxygens (including phenoxy) is 1. The molecule has 0 spiro atoms. The number of nitrogens with zero attached hydrogens (tertiary/aromatic N) is 10. The lowest BCUT2D eigenvalue weighted by Crippen LogP contribution is -2.29. The summed E-state index contributed by atoms with van der Waals surface area (Å²) in [5.41, 5.74) is 12.5. The molecule has 0 aliphatic rings. The molecule has 4 aromatic heterocycles. The van der Waals surface area contributed by atoms with Crippen molar-refractivity contribution in [2.24, 2.45) is 29.8 Å². The fraction of sp³-hybridized carbons (Fsp3) is 0.390. The predicted molar refractivity (Wildman–Crippen MR) is 216 cm³/mol. The van der Waals surface area contributed by atoms with Crippen LogP contribution in [0.15, 0.2) is 69.7 Å². The Bertz CT molecular complexity index is 2740. The first-order valence-electron chi connectivity index (χ1n) is 18.9. The first-order chi connectivity index (χ1) is 26.9. The molecule has 0 radical (unpaired) electrons. The van der Waals surface area contributed by atoms with Gasteiger partial charge in [-0.15, -0.1) is 0 Å². The molecular formula is C41H51N11O5. The van der Waals surface area contributed by atoms with Crippen molar-refractivity contribution in [1.82, 2.24) is 37.8 Å². The second-order valence-electron chi connectivity index (χ2n) is 15.1. The van der Waals surface area contributed by atoms with Crippen molar-refractivity contribution in [3.63, 3.8) is 0 Å². The van der Waals surface area contributed by atoms with Crippen molar-refractivity contribution < 1.29 is 24.2 Å². The normalized spacial score (nSPS) is 13.2. The summed E-state index contributed by atoms with van der Waals surface area (Å²) in [5.74, 6) is -1.27. The first kappa shape index (κ1) is 40.4. The quantitative estimate of drug-likeness (QED) is 0.175. The number of primary amides is 1. The summed E-state index contributed by atoms with van der Waals surface area (Å²) in [7, 11) is 3.64. The van der Waals surface area contributed by atoms with Gasteiger partial charge in [0.1, 0.15) is 29.3 Å². The SMILES string of the molecule is CCn1nc(C)cc1C(=O)/N=c1\n(C)c2ccccc2n1C/C(C)=C(\C)Cn1/c(=N/C(=O)c2cc(C)nn2CC)n(C)c2cc(C(N)=O)cc(OCC(C)(C)O)c21. The summed E-state index contributed by atoms with van der Waals surface area (Å²) in [5, 5.41) is 19.5. The highest BCUT2D eigenvalue weighted by Gasteiger charge is 2.23. The van der Waals surface area contributed by atoms with Gasteiger partial charge in [-0.05, 0) is 91.8 Å². The van der Waals surface area contributed by atoms with Gasteiger partial charge in [-0.3, -0.25) is 23.7 Å². The molecule has 2 aromatic carbocycles. The number of carbonyl (C=O) groups is 3. The lowest BCUT2D eigenvalue weighted by molar-refractivity contribution is 0.0289. The smallest absolute Gasteiger partial charge is 0.298 e. The van der Waals surface area contributed by atoms with Crippen LogP contribution in [0.3, 0.4) is 0 Å². The number of para-hydroxylation sites is 2. The zero-order valence-corrected chi connectivity index (χ0v) is 34.3. The van der Waals surface area contributed by atoms with Gasteiger partial charge < -0.3 is 33.8 Å². The fourth-order valence-electron chi connectivity index (χ4n) is 6.92. The summed E-state index contributed by atoms with van der Waals surface area (Å²) in [6, 6.07) is 14.5. The predicted octanol–water partition coefficient (Wildman–Crippen LogP) is 4.09. The summed E-state index contributed by atoms with van der Waals surface area (Å²) in [6.07, 6.45) is 0. The topological polar surface area (TPSA) is 187 Å². The second-order valence-corrected chi connectivity index (χ2v) is 15.1. The molecule has 0 aliphatic carbocycles. The molecule has 300 valence electrons.